The summed E-state index contributed by atoms with van der Waals surface area (Å²) in [6.07, 6.45) is 1.28. The molecule has 2 aromatic rings. The molecule has 0 unspecified atom stereocenters. The van der Waals surface area contributed by atoms with Crippen LogP contribution in [0.25, 0.3) is 0 Å². The molecular weight excluding hydrogens is 357 g/mol. The first-order chi connectivity index (χ1) is 13.6. The summed E-state index contributed by atoms with van der Waals surface area (Å²) < 4.78 is 13.1. The highest BCUT2D eigenvalue weighted by Crippen LogP contribution is 2.30. The summed E-state index contributed by atoms with van der Waals surface area (Å²) >= 11 is 0. The first-order valence-corrected chi connectivity index (χ1v) is 9.80. The molecule has 0 aromatic heterocycles. The van der Waals surface area contributed by atoms with Crippen molar-refractivity contribution in [1.82, 2.24) is 4.90 Å². The summed E-state index contributed by atoms with van der Waals surface area (Å²) in [6.45, 7) is 5.43. The Morgan fingerprint density at radius 3 is 2.43 bits per heavy atom. The van der Waals surface area contributed by atoms with Crippen molar-refractivity contribution >= 4 is 23.2 Å². The molecule has 0 bridgehead atoms. The number of piperazine rings is 1. The summed E-state index contributed by atoms with van der Waals surface area (Å²) in [6, 6.07) is 12.1. The highest BCUT2D eigenvalue weighted by atomic mass is 19.1. The minimum atomic E-state index is -0.245. The Bertz CT molecular complexity index is 889. The second kappa shape index (κ2) is 7.62. The van der Waals surface area contributed by atoms with E-state index in [1.807, 2.05) is 28.0 Å². The Morgan fingerprint density at radius 1 is 1.04 bits per heavy atom. The van der Waals surface area contributed by atoms with Crippen molar-refractivity contribution in [2.75, 3.05) is 42.5 Å². The molecule has 146 valence electrons. The summed E-state index contributed by atoms with van der Waals surface area (Å²) in [5.41, 5.74) is 3.49. The van der Waals surface area contributed by atoms with Gasteiger partial charge in [-0.3, -0.25) is 9.59 Å². The lowest BCUT2D eigenvalue weighted by Crippen LogP contribution is -2.48. The number of fused-ring (bicyclic) bond motifs is 1. The van der Waals surface area contributed by atoms with Gasteiger partial charge in [0.2, 0.25) is 5.91 Å². The SMILES string of the molecule is CCCN1C(=O)Cc2cc(C(=O)N3CCN(c4ccc(F)cc4)CC3)ccc21. The molecule has 2 aliphatic heterocycles. The third-order valence-electron chi connectivity index (χ3n) is 5.47. The van der Waals surface area contributed by atoms with E-state index in [1.54, 1.807) is 12.1 Å². The van der Waals surface area contributed by atoms with Gasteiger partial charge in [0.15, 0.2) is 0 Å². The molecule has 0 radical (unpaired) electrons. The second-order valence-electron chi connectivity index (χ2n) is 7.32. The largest absolute Gasteiger partial charge is 0.368 e. The summed E-state index contributed by atoms with van der Waals surface area (Å²) in [7, 11) is 0. The van der Waals surface area contributed by atoms with Gasteiger partial charge in [-0.1, -0.05) is 6.92 Å². The molecule has 2 aliphatic rings. The molecule has 2 heterocycles. The molecule has 6 heteroatoms. The monoisotopic (exact) mass is 381 g/mol. The zero-order chi connectivity index (χ0) is 19.7. The molecule has 2 amide bonds. The van der Waals surface area contributed by atoms with Crippen molar-refractivity contribution in [2.45, 2.75) is 19.8 Å². The first-order valence-electron chi connectivity index (χ1n) is 9.80. The van der Waals surface area contributed by atoms with Crippen LogP contribution in [0.15, 0.2) is 42.5 Å². The van der Waals surface area contributed by atoms with E-state index in [9.17, 15) is 14.0 Å². The average Bonchev–Trinajstić information content (AvgIpc) is 3.03. The van der Waals surface area contributed by atoms with Gasteiger partial charge in [-0.2, -0.15) is 0 Å². The van der Waals surface area contributed by atoms with Crippen LogP contribution in [0.1, 0.15) is 29.3 Å². The normalized spacial score (nSPS) is 16.5. The third-order valence-corrected chi connectivity index (χ3v) is 5.47. The van der Waals surface area contributed by atoms with Crippen molar-refractivity contribution in [1.29, 1.82) is 0 Å². The van der Waals surface area contributed by atoms with Crippen LogP contribution in [0, 0.1) is 5.82 Å². The molecule has 0 atom stereocenters. The fourth-order valence-corrected chi connectivity index (χ4v) is 3.99. The van der Waals surface area contributed by atoms with Crippen molar-refractivity contribution < 1.29 is 14.0 Å². The van der Waals surface area contributed by atoms with Crippen LogP contribution in [0.4, 0.5) is 15.8 Å². The number of amides is 2. The zero-order valence-corrected chi connectivity index (χ0v) is 16.0. The van der Waals surface area contributed by atoms with Crippen LogP contribution in [0.2, 0.25) is 0 Å². The van der Waals surface area contributed by atoms with Gasteiger partial charge in [0.25, 0.3) is 5.91 Å². The van der Waals surface area contributed by atoms with E-state index in [0.717, 1.165) is 23.4 Å². The topological polar surface area (TPSA) is 43.9 Å². The van der Waals surface area contributed by atoms with Gasteiger partial charge in [0, 0.05) is 49.7 Å². The molecule has 0 saturated carbocycles. The molecule has 5 nitrogen and oxygen atoms in total. The van der Waals surface area contributed by atoms with E-state index >= 15 is 0 Å². The summed E-state index contributed by atoms with van der Waals surface area (Å²) in [5, 5.41) is 0. The second-order valence-corrected chi connectivity index (χ2v) is 7.32. The van der Waals surface area contributed by atoms with Crippen molar-refractivity contribution in [3.8, 4) is 0 Å². The van der Waals surface area contributed by atoms with Gasteiger partial charge in [-0.05, 0) is 54.4 Å². The Hall–Kier alpha value is -2.89. The zero-order valence-electron chi connectivity index (χ0n) is 16.0. The molecule has 1 fully saturated rings. The number of rotatable bonds is 4. The minimum Gasteiger partial charge on any atom is -0.368 e. The van der Waals surface area contributed by atoms with Gasteiger partial charge in [0.05, 0.1) is 6.42 Å². The van der Waals surface area contributed by atoms with E-state index < -0.39 is 0 Å². The average molecular weight is 381 g/mol. The lowest BCUT2D eigenvalue weighted by molar-refractivity contribution is -0.117. The van der Waals surface area contributed by atoms with E-state index in [0.29, 0.717) is 44.7 Å². The fraction of sp³-hybridized carbons (Fsp3) is 0.364. The third kappa shape index (κ3) is 3.46. The maximum absolute atomic E-state index is 13.1. The molecule has 0 spiro atoms. The van der Waals surface area contributed by atoms with Crippen LogP contribution in [0.3, 0.4) is 0 Å². The molecule has 0 aliphatic carbocycles. The van der Waals surface area contributed by atoms with Gasteiger partial charge < -0.3 is 14.7 Å². The molecule has 4 rings (SSSR count). The Kier molecular flexibility index (Phi) is 5.03. The number of carbonyl (C=O) groups is 2. The van der Waals surface area contributed by atoms with E-state index in [-0.39, 0.29) is 17.6 Å². The van der Waals surface area contributed by atoms with Gasteiger partial charge in [-0.15, -0.1) is 0 Å². The summed E-state index contributed by atoms with van der Waals surface area (Å²) in [5.74, 6) is -0.137. The van der Waals surface area contributed by atoms with Crippen molar-refractivity contribution in [3.63, 3.8) is 0 Å². The number of nitrogens with zero attached hydrogens (tertiary/aromatic N) is 3. The van der Waals surface area contributed by atoms with Crippen molar-refractivity contribution in [3.05, 3.63) is 59.4 Å². The number of anilines is 2. The highest BCUT2D eigenvalue weighted by Gasteiger charge is 2.28. The lowest BCUT2D eigenvalue weighted by Gasteiger charge is -2.36. The molecule has 1 saturated heterocycles. The molecule has 0 N–H and O–H groups in total. The number of benzene rings is 2. The van der Waals surface area contributed by atoms with Gasteiger partial charge in [0.1, 0.15) is 5.82 Å². The van der Waals surface area contributed by atoms with E-state index in [4.69, 9.17) is 0 Å². The Labute approximate surface area is 164 Å². The predicted molar refractivity (Wildman–Crippen MR) is 107 cm³/mol. The fourth-order valence-electron chi connectivity index (χ4n) is 3.99. The number of carbonyl (C=O) groups excluding carboxylic acids is 2. The highest BCUT2D eigenvalue weighted by molar-refractivity contribution is 6.03. The van der Waals surface area contributed by atoms with E-state index in [1.165, 1.54) is 12.1 Å². The summed E-state index contributed by atoms with van der Waals surface area (Å²) in [4.78, 5) is 31.0. The van der Waals surface area contributed by atoms with E-state index in [2.05, 4.69) is 11.8 Å². The molecule has 2 aromatic carbocycles. The standard InChI is InChI=1S/C22H24FN3O2/c1-2-9-26-20-8-3-16(14-17(20)15-21(26)27)22(28)25-12-10-24(11-13-25)19-6-4-18(23)5-7-19/h3-8,14H,2,9-13,15H2,1H3. The van der Waals surface area contributed by atoms with Crippen molar-refractivity contribution in [2.24, 2.45) is 0 Å². The van der Waals surface area contributed by atoms with Crippen LogP contribution < -0.4 is 9.80 Å². The quantitative estimate of drug-likeness (QED) is 0.818. The molecular formula is C22H24FN3O2. The van der Waals surface area contributed by atoms with Crippen LogP contribution in [-0.4, -0.2) is 49.4 Å². The number of hydrogen-bond donors (Lipinski definition) is 0. The number of halogens is 1. The lowest BCUT2D eigenvalue weighted by atomic mass is 10.1. The predicted octanol–water partition coefficient (Wildman–Crippen LogP) is 3.09. The first kappa shape index (κ1) is 18.5. The van der Waals surface area contributed by atoms with Crippen LogP contribution in [0.5, 0.6) is 0 Å². The Balaban J connectivity index is 1.43. The maximum atomic E-state index is 13.1. The van der Waals surface area contributed by atoms with Gasteiger partial charge in [-0.25, -0.2) is 4.39 Å². The minimum absolute atomic E-state index is 0.00273. The van der Waals surface area contributed by atoms with Gasteiger partial charge >= 0.3 is 0 Å². The number of hydrogen-bond acceptors (Lipinski definition) is 3. The van der Waals surface area contributed by atoms with Crippen LogP contribution >= 0.6 is 0 Å². The smallest absolute Gasteiger partial charge is 0.253 e. The van der Waals surface area contributed by atoms with Crippen LogP contribution in [-0.2, 0) is 11.2 Å². The molecule has 28 heavy (non-hydrogen) atoms. The Morgan fingerprint density at radius 2 is 1.75 bits per heavy atom. The maximum Gasteiger partial charge on any atom is 0.253 e.